The molecule has 168 valence electrons. The van der Waals surface area contributed by atoms with Gasteiger partial charge in [-0.05, 0) is 67.1 Å². The first-order valence-corrected chi connectivity index (χ1v) is 10.5. The predicted molar refractivity (Wildman–Crippen MR) is 125 cm³/mol. The van der Waals surface area contributed by atoms with Gasteiger partial charge in [0.15, 0.2) is 11.5 Å². The van der Waals surface area contributed by atoms with Gasteiger partial charge in [-0.1, -0.05) is 15.9 Å². The van der Waals surface area contributed by atoms with E-state index < -0.39 is 10.9 Å². The van der Waals surface area contributed by atoms with Gasteiger partial charge in [0.25, 0.3) is 11.6 Å². The van der Waals surface area contributed by atoms with Gasteiger partial charge in [-0.3, -0.25) is 14.9 Å². The van der Waals surface area contributed by atoms with Crippen LogP contribution in [0.4, 0.5) is 5.69 Å². The second-order valence-electron chi connectivity index (χ2n) is 6.54. The van der Waals surface area contributed by atoms with Gasteiger partial charge in [0.1, 0.15) is 0 Å². The molecule has 1 amide bonds. The summed E-state index contributed by atoms with van der Waals surface area (Å²) in [6.45, 7) is 2.10. The highest BCUT2D eigenvalue weighted by Gasteiger charge is 2.15. The van der Waals surface area contributed by atoms with Crippen LogP contribution in [0.15, 0.2) is 76.3 Å². The Morgan fingerprint density at radius 2 is 1.70 bits per heavy atom. The number of ether oxygens (including phenoxy) is 2. The standard InChI is InChI=1S/C23H18BrN3O6/c1-2-32-21-13-15(14-25-26-22(28)16-4-8-18(24)9-5-16)3-12-20(21)33-23(29)17-6-10-19(11-7-17)27(30)31/h3-14H,2H2,1H3,(H,26,28)/b25-14+. The minimum Gasteiger partial charge on any atom is -0.490 e. The second-order valence-corrected chi connectivity index (χ2v) is 7.45. The number of hydrogen-bond acceptors (Lipinski definition) is 7. The largest absolute Gasteiger partial charge is 0.490 e. The molecule has 0 aliphatic heterocycles. The predicted octanol–water partition coefficient (Wildman–Crippen LogP) is 4.74. The molecular weight excluding hydrogens is 494 g/mol. The van der Waals surface area contributed by atoms with Crippen molar-refractivity contribution in [2.45, 2.75) is 6.92 Å². The summed E-state index contributed by atoms with van der Waals surface area (Å²) in [5.74, 6) is -0.571. The lowest BCUT2D eigenvalue weighted by Crippen LogP contribution is -2.17. The maximum atomic E-state index is 12.4. The van der Waals surface area contributed by atoms with Crippen molar-refractivity contribution in [1.29, 1.82) is 0 Å². The molecule has 0 radical (unpaired) electrons. The smallest absolute Gasteiger partial charge is 0.343 e. The third-order valence-corrected chi connectivity index (χ3v) is 4.80. The van der Waals surface area contributed by atoms with Crippen LogP contribution in [-0.4, -0.2) is 29.6 Å². The average molecular weight is 512 g/mol. The summed E-state index contributed by atoms with van der Waals surface area (Å²) >= 11 is 3.31. The Hall–Kier alpha value is -4.05. The quantitative estimate of drug-likeness (QED) is 0.153. The third-order valence-electron chi connectivity index (χ3n) is 4.27. The first kappa shape index (κ1) is 23.6. The van der Waals surface area contributed by atoms with Gasteiger partial charge in [0, 0.05) is 22.2 Å². The molecule has 3 aromatic carbocycles. The number of carbonyl (C=O) groups excluding carboxylic acids is 2. The molecule has 0 aliphatic carbocycles. The fourth-order valence-corrected chi connectivity index (χ4v) is 2.93. The van der Waals surface area contributed by atoms with E-state index in [1.807, 2.05) is 0 Å². The van der Waals surface area contributed by atoms with Crippen molar-refractivity contribution in [3.8, 4) is 11.5 Å². The first-order chi connectivity index (χ1) is 15.9. The number of esters is 1. The Balaban J connectivity index is 1.69. The number of nitrogens with zero attached hydrogens (tertiary/aromatic N) is 2. The summed E-state index contributed by atoms with van der Waals surface area (Å²) < 4.78 is 11.8. The topological polar surface area (TPSA) is 120 Å². The summed E-state index contributed by atoms with van der Waals surface area (Å²) in [5.41, 5.74) is 3.53. The zero-order valence-electron chi connectivity index (χ0n) is 17.4. The van der Waals surface area contributed by atoms with Crippen LogP contribution < -0.4 is 14.9 Å². The van der Waals surface area contributed by atoms with Crippen LogP contribution >= 0.6 is 15.9 Å². The number of non-ortho nitro benzene ring substituents is 1. The molecule has 0 heterocycles. The monoisotopic (exact) mass is 511 g/mol. The van der Waals surface area contributed by atoms with E-state index in [4.69, 9.17) is 9.47 Å². The number of hydrogen-bond donors (Lipinski definition) is 1. The number of amides is 1. The fourth-order valence-electron chi connectivity index (χ4n) is 2.67. The van der Waals surface area contributed by atoms with Crippen LogP contribution in [0.25, 0.3) is 0 Å². The number of hydrazone groups is 1. The number of nitrogens with one attached hydrogen (secondary N) is 1. The first-order valence-electron chi connectivity index (χ1n) is 9.70. The minimum absolute atomic E-state index is 0.127. The average Bonchev–Trinajstić information content (AvgIpc) is 2.81. The summed E-state index contributed by atoms with van der Waals surface area (Å²) in [6.07, 6.45) is 1.43. The molecule has 0 spiro atoms. The second kappa shape index (κ2) is 11.0. The summed E-state index contributed by atoms with van der Waals surface area (Å²) in [5, 5.41) is 14.7. The maximum Gasteiger partial charge on any atom is 0.343 e. The molecule has 9 nitrogen and oxygen atoms in total. The minimum atomic E-state index is -0.686. The van der Waals surface area contributed by atoms with E-state index in [1.54, 1.807) is 43.3 Å². The van der Waals surface area contributed by atoms with Crippen molar-refractivity contribution in [3.63, 3.8) is 0 Å². The molecule has 0 atom stereocenters. The molecule has 0 saturated heterocycles. The van der Waals surface area contributed by atoms with Gasteiger partial charge >= 0.3 is 5.97 Å². The number of halogens is 1. The van der Waals surface area contributed by atoms with E-state index in [0.717, 1.165) is 4.47 Å². The Morgan fingerprint density at radius 1 is 1.03 bits per heavy atom. The molecule has 1 N–H and O–H groups in total. The van der Waals surface area contributed by atoms with Crippen LogP contribution in [0.5, 0.6) is 11.5 Å². The van der Waals surface area contributed by atoms with Crippen molar-refractivity contribution in [1.82, 2.24) is 5.43 Å². The molecule has 3 aromatic rings. The molecule has 0 fully saturated rings. The summed E-state index contributed by atoms with van der Waals surface area (Å²) in [6, 6.07) is 16.7. The van der Waals surface area contributed by atoms with Gasteiger partial charge in [0.2, 0.25) is 0 Å². The van der Waals surface area contributed by atoms with Crippen molar-refractivity contribution in [2.24, 2.45) is 5.10 Å². The van der Waals surface area contributed by atoms with Crippen LogP contribution in [0.3, 0.4) is 0 Å². The Labute approximate surface area is 197 Å². The molecule has 0 bridgehead atoms. The van der Waals surface area contributed by atoms with E-state index in [1.165, 1.54) is 36.5 Å². The zero-order valence-corrected chi connectivity index (χ0v) is 18.9. The lowest BCUT2D eigenvalue weighted by atomic mass is 10.2. The summed E-state index contributed by atoms with van der Waals surface area (Å²) in [7, 11) is 0. The van der Waals surface area contributed by atoms with Crippen LogP contribution in [0, 0.1) is 10.1 Å². The van der Waals surface area contributed by atoms with Gasteiger partial charge in [-0.2, -0.15) is 5.10 Å². The molecule has 10 heteroatoms. The van der Waals surface area contributed by atoms with E-state index >= 15 is 0 Å². The van der Waals surface area contributed by atoms with Gasteiger partial charge in [0.05, 0.1) is 23.3 Å². The molecule has 0 saturated carbocycles. The lowest BCUT2D eigenvalue weighted by molar-refractivity contribution is -0.384. The highest BCUT2D eigenvalue weighted by molar-refractivity contribution is 9.10. The molecular formula is C23H18BrN3O6. The van der Waals surface area contributed by atoms with Crippen LogP contribution in [0.2, 0.25) is 0 Å². The zero-order chi connectivity index (χ0) is 23.8. The highest BCUT2D eigenvalue weighted by atomic mass is 79.9. The molecule has 33 heavy (non-hydrogen) atoms. The lowest BCUT2D eigenvalue weighted by Gasteiger charge is -2.11. The van der Waals surface area contributed by atoms with E-state index in [-0.39, 0.29) is 22.9 Å². The van der Waals surface area contributed by atoms with Gasteiger partial charge in [-0.25, -0.2) is 10.2 Å². The van der Waals surface area contributed by atoms with Crippen LogP contribution in [-0.2, 0) is 0 Å². The van der Waals surface area contributed by atoms with Crippen LogP contribution in [0.1, 0.15) is 33.2 Å². The number of benzene rings is 3. The maximum absolute atomic E-state index is 12.4. The van der Waals surface area contributed by atoms with Crippen molar-refractivity contribution < 1.29 is 24.0 Å². The number of nitro benzene ring substituents is 1. The number of nitro groups is 1. The van der Waals surface area contributed by atoms with E-state index in [0.29, 0.717) is 23.5 Å². The van der Waals surface area contributed by atoms with Crippen molar-refractivity contribution >= 4 is 39.7 Å². The number of carbonyl (C=O) groups is 2. The Kier molecular flexibility index (Phi) is 7.87. The van der Waals surface area contributed by atoms with E-state index in [9.17, 15) is 19.7 Å². The normalized spacial score (nSPS) is 10.6. The molecule has 0 aliphatic rings. The third kappa shape index (κ3) is 6.47. The summed E-state index contributed by atoms with van der Waals surface area (Å²) in [4.78, 5) is 34.7. The van der Waals surface area contributed by atoms with Gasteiger partial charge < -0.3 is 9.47 Å². The Morgan fingerprint density at radius 3 is 2.33 bits per heavy atom. The van der Waals surface area contributed by atoms with Gasteiger partial charge in [-0.15, -0.1) is 0 Å². The molecule has 3 rings (SSSR count). The van der Waals surface area contributed by atoms with E-state index in [2.05, 4.69) is 26.5 Å². The molecule has 0 aromatic heterocycles. The number of rotatable bonds is 8. The fraction of sp³-hybridized carbons (Fsp3) is 0.0870. The SMILES string of the molecule is CCOc1cc(/C=N/NC(=O)c2ccc(Br)cc2)ccc1OC(=O)c1ccc([N+](=O)[O-])cc1. The molecule has 0 unspecified atom stereocenters. The van der Waals surface area contributed by atoms with Crippen molar-refractivity contribution in [2.75, 3.05) is 6.61 Å². The Bertz CT molecular complexity index is 1190. The highest BCUT2D eigenvalue weighted by Crippen LogP contribution is 2.29. The van der Waals surface area contributed by atoms with Crippen molar-refractivity contribution in [3.05, 3.63) is 98.0 Å².